The van der Waals surface area contributed by atoms with Crippen molar-refractivity contribution >= 4 is 107 Å². The quantitative estimate of drug-likeness (QED) is 0.0670. The van der Waals surface area contributed by atoms with Crippen LogP contribution in [0.1, 0.15) is 96.8 Å². The number of sulfone groups is 4. The summed E-state index contributed by atoms with van der Waals surface area (Å²) in [5, 5.41) is 0.497. The SMILES string of the molecule is CC(C)OC(=O)c1ccccc1S(=O)(=O)c1ccc2c(c1)-c1nc-2nc2[nH]c(nc3nc(nc4[nH]c(n1)c1cc(S(=O)(=O)c5ccccc5C(=O)OC(C)C)ccc41)-c1c-3cccc1S(=O)(=O)c1ccccc1C(=O)OC(C)C)c1ccc(S(=O)(=O)c3ccccc3C(=O)OC(C)C)cc21. The van der Waals surface area contributed by atoms with Crippen molar-refractivity contribution < 1.29 is 71.8 Å². The number of ether oxygens (including phenoxy) is 4. The number of aromatic amines is 2. The molecule has 28 heteroatoms. The molecule has 0 amide bonds. The number of hydrogen-bond donors (Lipinski definition) is 2. The van der Waals surface area contributed by atoms with Crippen LogP contribution in [0.5, 0.6) is 0 Å². The predicted octanol–water partition coefficient (Wildman–Crippen LogP) is 12.5. The first-order chi connectivity index (χ1) is 47.5. The number of aromatic nitrogens is 8. The van der Waals surface area contributed by atoms with Crippen molar-refractivity contribution in [1.82, 2.24) is 39.9 Å². The first-order valence-electron chi connectivity index (χ1n) is 31.1. The molecule has 0 spiro atoms. The Morgan fingerprint density at radius 2 is 0.610 bits per heavy atom. The fraction of sp³-hybridized carbons (Fsp3) is 0.167. The van der Waals surface area contributed by atoms with E-state index in [2.05, 4.69) is 9.97 Å². The van der Waals surface area contributed by atoms with Gasteiger partial charge in [0, 0.05) is 43.8 Å². The molecule has 2 aliphatic rings. The number of nitrogens with zero attached hydrogens (tertiary/aromatic N) is 6. The van der Waals surface area contributed by atoms with Gasteiger partial charge in [-0.1, -0.05) is 60.7 Å². The molecule has 100 heavy (non-hydrogen) atoms. The highest BCUT2D eigenvalue weighted by Gasteiger charge is 2.36. The van der Waals surface area contributed by atoms with Gasteiger partial charge in [0.2, 0.25) is 39.3 Å². The molecule has 0 saturated carbocycles. The molecule has 13 rings (SSSR count). The minimum atomic E-state index is -4.79. The van der Waals surface area contributed by atoms with Crippen molar-refractivity contribution in [3.8, 4) is 45.6 Å². The van der Waals surface area contributed by atoms with Crippen LogP contribution in [-0.4, -0.2) is 122 Å². The third-order valence-electron chi connectivity index (χ3n) is 15.9. The lowest BCUT2D eigenvalue weighted by atomic mass is 10.1. The van der Waals surface area contributed by atoms with Crippen LogP contribution in [0.4, 0.5) is 0 Å². The lowest BCUT2D eigenvalue weighted by Crippen LogP contribution is -2.16. The molecule has 2 N–H and O–H groups in total. The summed E-state index contributed by atoms with van der Waals surface area (Å²) in [6.07, 6.45) is -2.47. The topological polar surface area (TPSA) is 351 Å². The standard InChI is InChI=1S/C72H58N8O16S4/c1-37(2)93-69(81)47-18-9-13-23-55(47)97(85,86)41-28-31-44-52(34-41)65-74-61(44)73-64-51-22-17-27-59(100(91,92)58-26-16-12-21-50(58)72(84)96-40(7)8)60(51)68(80-64)79-63-46-33-30-43(99(89,90)57-25-15-11-20-49(57)71(83)95-39(5)6)36-54(46)67(77-63)78-66-53-35-42(29-32-45(53)62(75-65)76-66)98(87,88)56-24-14-10-19-48(56)70(82)94-38(3)4/h9-40H,1-8H3,(H2,73,74,75,76,77,78,79,80). The van der Waals surface area contributed by atoms with E-state index in [4.69, 9.17) is 48.9 Å². The Morgan fingerprint density at radius 3 is 1.01 bits per heavy atom. The van der Waals surface area contributed by atoms with Crippen LogP contribution in [-0.2, 0) is 58.3 Å². The summed E-state index contributed by atoms with van der Waals surface area (Å²) in [6, 6.07) is 38.2. The van der Waals surface area contributed by atoms with E-state index in [0.717, 1.165) is 0 Å². The number of esters is 4. The Labute approximate surface area is 572 Å². The zero-order valence-corrected chi connectivity index (χ0v) is 57.6. The molecule has 0 saturated heterocycles. The Hall–Kier alpha value is -11.2. The first kappa shape index (κ1) is 67.4. The van der Waals surface area contributed by atoms with E-state index in [1.165, 1.54) is 164 Å². The average Bonchev–Trinajstić information content (AvgIpc) is 1.52. The Balaban J connectivity index is 1.14. The highest BCUT2D eigenvalue weighted by Crippen LogP contribution is 2.44. The van der Waals surface area contributed by atoms with Gasteiger partial charge in [0.1, 0.15) is 22.6 Å². The van der Waals surface area contributed by atoms with Crippen LogP contribution in [0, 0.1) is 0 Å². The summed E-state index contributed by atoms with van der Waals surface area (Å²) < 4.78 is 143. The number of carbonyl (C=O) groups excluding carboxylic acids is 4. The van der Waals surface area contributed by atoms with Gasteiger partial charge in [-0.25, -0.2) is 82.8 Å². The highest BCUT2D eigenvalue weighted by atomic mass is 32.2. The smallest absolute Gasteiger partial charge is 0.339 e. The van der Waals surface area contributed by atoms with Gasteiger partial charge in [0.15, 0.2) is 23.3 Å². The second-order valence-electron chi connectivity index (χ2n) is 24.2. The van der Waals surface area contributed by atoms with Crippen molar-refractivity contribution in [2.75, 3.05) is 0 Å². The van der Waals surface area contributed by atoms with Gasteiger partial charge in [0.05, 0.1) is 85.8 Å². The molecular weight excluding hydrogens is 1360 g/mol. The molecule has 8 bridgehead atoms. The third kappa shape index (κ3) is 12.1. The molecule has 0 aliphatic carbocycles. The number of nitrogens with one attached hydrogen (secondary N) is 2. The third-order valence-corrected chi connectivity index (χ3v) is 23.2. The van der Waals surface area contributed by atoms with Gasteiger partial charge in [-0.05, 0) is 165 Å². The van der Waals surface area contributed by atoms with Crippen LogP contribution in [0.3, 0.4) is 0 Å². The molecule has 0 atom stereocenters. The van der Waals surface area contributed by atoms with E-state index in [-0.39, 0.29) is 132 Å². The Bertz CT molecular complexity index is 6010. The lowest BCUT2D eigenvalue weighted by Gasteiger charge is -2.14. The van der Waals surface area contributed by atoms with Gasteiger partial charge in [-0.2, -0.15) is 0 Å². The zero-order valence-electron chi connectivity index (χ0n) is 54.3. The molecular formula is C72H58N8O16S4. The fourth-order valence-electron chi connectivity index (χ4n) is 11.6. The molecule has 5 heterocycles. The first-order valence-corrected chi connectivity index (χ1v) is 37.0. The van der Waals surface area contributed by atoms with E-state index >= 15 is 25.3 Å². The highest BCUT2D eigenvalue weighted by molar-refractivity contribution is 7.92. The van der Waals surface area contributed by atoms with Gasteiger partial charge in [0.25, 0.3) is 0 Å². The predicted molar refractivity (Wildman–Crippen MR) is 366 cm³/mol. The van der Waals surface area contributed by atoms with E-state index in [0.29, 0.717) is 0 Å². The van der Waals surface area contributed by atoms with Crippen LogP contribution < -0.4 is 0 Å². The maximum Gasteiger partial charge on any atom is 0.339 e. The van der Waals surface area contributed by atoms with Crippen molar-refractivity contribution in [1.29, 1.82) is 0 Å². The summed E-state index contributed by atoms with van der Waals surface area (Å²) >= 11 is 0. The van der Waals surface area contributed by atoms with E-state index in [1.54, 1.807) is 61.5 Å². The van der Waals surface area contributed by atoms with Crippen molar-refractivity contribution in [3.05, 3.63) is 192 Å². The second kappa shape index (κ2) is 25.6. The fourth-order valence-corrected chi connectivity index (χ4v) is 17.6. The minimum Gasteiger partial charge on any atom is -0.459 e. The van der Waals surface area contributed by atoms with Crippen molar-refractivity contribution in [3.63, 3.8) is 0 Å². The van der Waals surface area contributed by atoms with Crippen LogP contribution in [0.2, 0.25) is 0 Å². The van der Waals surface area contributed by atoms with Gasteiger partial charge in [-0.15, -0.1) is 0 Å². The average molecular weight is 1420 g/mol. The molecule has 0 unspecified atom stereocenters. The van der Waals surface area contributed by atoms with E-state index in [9.17, 15) is 27.6 Å². The summed E-state index contributed by atoms with van der Waals surface area (Å²) in [6.45, 7) is 12.9. The molecule has 0 fully saturated rings. The van der Waals surface area contributed by atoms with Gasteiger partial charge < -0.3 is 28.9 Å². The number of H-pyrrole nitrogens is 2. The van der Waals surface area contributed by atoms with Crippen molar-refractivity contribution in [2.45, 2.75) is 119 Å². The van der Waals surface area contributed by atoms with Gasteiger partial charge >= 0.3 is 23.9 Å². The maximum absolute atomic E-state index is 15.5. The number of benzene rings is 8. The number of hydrogen-bond acceptors (Lipinski definition) is 22. The number of rotatable bonds is 16. The van der Waals surface area contributed by atoms with Crippen LogP contribution in [0.15, 0.2) is 209 Å². The van der Waals surface area contributed by atoms with Gasteiger partial charge in [-0.3, -0.25) is 0 Å². The summed E-state index contributed by atoms with van der Waals surface area (Å²) in [7, 11) is -18.7. The zero-order chi connectivity index (χ0) is 71.1. The monoisotopic (exact) mass is 1420 g/mol. The molecule has 0 radical (unpaired) electrons. The van der Waals surface area contributed by atoms with Crippen molar-refractivity contribution in [2.24, 2.45) is 0 Å². The van der Waals surface area contributed by atoms with Crippen LogP contribution >= 0.6 is 0 Å². The Morgan fingerprint density at radius 1 is 0.300 bits per heavy atom. The molecule has 11 aromatic rings. The normalized spacial score (nSPS) is 12.4. The minimum absolute atomic E-state index is 0.0169. The van der Waals surface area contributed by atoms with Crippen LogP contribution in [0.25, 0.3) is 89.7 Å². The number of fused-ring (bicyclic) bond motifs is 20. The second-order valence-corrected chi connectivity index (χ2v) is 31.9. The Kier molecular flexibility index (Phi) is 17.2. The lowest BCUT2D eigenvalue weighted by molar-refractivity contribution is 0.0363. The molecule has 8 aromatic carbocycles. The summed E-state index contributed by atoms with van der Waals surface area (Å²) in [5.74, 6) is -4.45. The molecule has 3 aromatic heterocycles. The molecule has 506 valence electrons. The maximum atomic E-state index is 15.5. The van der Waals surface area contributed by atoms with E-state index in [1.807, 2.05) is 0 Å². The summed E-state index contributed by atoms with van der Waals surface area (Å²) in [4.78, 5) is 87.6. The largest absolute Gasteiger partial charge is 0.459 e. The molecule has 2 aliphatic heterocycles. The van der Waals surface area contributed by atoms with E-state index < -0.39 is 107 Å². The summed E-state index contributed by atoms with van der Waals surface area (Å²) in [5.41, 5.74) is -1.26. The number of carbonyl (C=O) groups is 4. The molecule has 24 nitrogen and oxygen atoms in total.